The zero-order chi connectivity index (χ0) is 46.5. The first kappa shape index (κ1) is 41.4. The van der Waals surface area contributed by atoms with E-state index in [1.165, 1.54) is 0 Å². The van der Waals surface area contributed by atoms with Crippen molar-refractivity contribution >= 4 is 80.8 Å². The Morgan fingerprint density at radius 1 is 0.206 bits per heavy atom. The Kier molecular flexibility index (Phi) is 10.3. The Hall–Kier alpha value is -9.26. The molecule has 0 aliphatic carbocycles. The highest BCUT2D eigenvalue weighted by Crippen LogP contribution is 2.59. The average Bonchev–Trinajstić information content (AvgIpc) is 3.41. The molecule has 0 fully saturated rings. The molecule has 0 saturated heterocycles. The molecule has 0 spiro atoms. The highest BCUT2D eigenvalue weighted by atomic mass is 16.1. The van der Waals surface area contributed by atoms with Crippen LogP contribution in [0.2, 0.25) is 0 Å². The third-order valence-corrected chi connectivity index (χ3v) is 13.2. The van der Waals surface area contributed by atoms with Gasteiger partial charge in [-0.05, 0) is 110 Å². The first-order valence-electron chi connectivity index (χ1n) is 22.1. The van der Waals surface area contributed by atoms with E-state index in [4.69, 9.17) is 0 Å². The number of hydrogen-bond donors (Lipinski definition) is 0. The summed E-state index contributed by atoms with van der Waals surface area (Å²) in [4.78, 5) is 73.4. The lowest BCUT2D eigenvalue weighted by atomic mass is 9.72. The molecule has 0 atom stereocenters. The van der Waals surface area contributed by atoms with Crippen LogP contribution in [0.3, 0.4) is 0 Å². The van der Waals surface area contributed by atoms with Crippen LogP contribution in [-0.2, 0) is 0 Å². The topological polar surface area (TPSA) is 102 Å². The van der Waals surface area contributed by atoms with Crippen molar-refractivity contribution in [1.29, 1.82) is 0 Å². The van der Waals surface area contributed by atoms with Crippen LogP contribution in [0.5, 0.6) is 0 Å². The minimum absolute atomic E-state index is 0.500. The fourth-order valence-corrected chi connectivity index (χ4v) is 10.1. The second kappa shape index (κ2) is 16.9. The smallest absolute Gasteiger partial charge is 0.150 e. The lowest BCUT2D eigenvalue weighted by Gasteiger charge is -2.30. The van der Waals surface area contributed by atoms with E-state index in [0.29, 0.717) is 33.4 Å². The van der Waals surface area contributed by atoms with Gasteiger partial charge in [0, 0.05) is 33.4 Å². The van der Waals surface area contributed by atoms with Crippen LogP contribution >= 0.6 is 0 Å². The van der Waals surface area contributed by atoms with E-state index in [1.54, 1.807) is 0 Å². The highest BCUT2D eigenvalue weighted by Gasteiger charge is 2.32. The van der Waals surface area contributed by atoms with Crippen LogP contribution in [-0.4, -0.2) is 37.7 Å². The fraction of sp³-hybridized carbons (Fsp3) is 0. The van der Waals surface area contributed by atoms with Gasteiger partial charge in [0.1, 0.15) is 37.7 Å². The summed E-state index contributed by atoms with van der Waals surface area (Å²) < 4.78 is 0. The molecule has 0 aliphatic heterocycles. The monoisotopic (exact) mass is 876 g/mol. The van der Waals surface area contributed by atoms with E-state index in [2.05, 4.69) is 36.4 Å². The number of benzene rings is 11. The normalized spacial score (nSPS) is 11.3. The predicted octanol–water partition coefficient (Wildman–Crippen LogP) is 14.6. The van der Waals surface area contributed by atoms with Crippen molar-refractivity contribution in [3.05, 3.63) is 215 Å². The molecule has 0 amide bonds. The van der Waals surface area contributed by atoms with Crippen molar-refractivity contribution in [3.8, 4) is 66.8 Å². The third-order valence-electron chi connectivity index (χ3n) is 13.2. The lowest BCUT2D eigenvalue weighted by molar-refractivity contribution is 0.111. The predicted molar refractivity (Wildman–Crippen MR) is 273 cm³/mol. The van der Waals surface area contributed by atoms with Gasteiger partial charge in [-0.2, -0.15) is 0 Å². The van der Waals surface area contributed by atoms with Gasteiger partial charge in [0.15, 0.2) is 0 Å². The molecule has 0 saturated carbocycles. The number of carbonyl (C=O) groups is 6. The largest absolute Gasteiger partial charge is 0.298 e. The number of aldehydes is 6. The lowest BCUT2D eigenvalue weighted by Crippen LogP contribution is -2.03. The number of fused-ring (bicyclic) bond motifs is 2. The summed E-state index contributed by atoms with van der Waals surface area (Å²) in [6.45, 7) is 0. The number of carbonyl (C=O) groups excluding carboxylic acids is 6. The first-order chi connectivity index (χ1) is 33.5. The molecule has 68 heavy (non-hydrogen) atoms. The molecular weight excluding hydrogens is 841 g/mol. The van der Waals surface area contributed by atoms with Crippen LogP contribution < -0.4 is 0 Å². The van der Waals surface area contributed by atoms with Gasteiger partial charge in [-0.1, -0.05) is 182 Å². The molecule has 320 valence electrons. The summed E-state index contributed by atoms with van der Waals surface area (Å²) in [6.07, 6.45) is 4.94. The molecule has 0 unspecified atom stereocenters. The summed E-state index contributed by atoms with van der Waals surface area (Å²) in [7, 11) is 0. The molecule has 0 aliphatic rings. The van der Waals surface area contributed by atoms with E-state index >= 15 is 0 Å². The minimum atomic E-state index is 0.500. The Morgan fingerprint density at radius 2 is 0.441 bits per heavy atom. The van der Waals surface area contributed by atoms with Gasteiger partial charge >= 0.3 is 0 Å². The van der Waals surface area contributed by atoms with Crippen molar-refractivity contribution in [3.63, 3.8) is 0 Å². The van der Waals surface area contributed by atoms with E-state index in [9.17, 15) is 28.8 Å². The molecule has 11 rings (SSSR count). The van der Waals surface area contributed by atoms with Gasteiger partial charge in [-0.25, -0.2) is 0 Å². The summed E-state index contributed by atoms with van der Waals surface area (Å²) in [5.41, 5.74) is 13.1. The summed E-state index contributed by atoms with van der Waals surface area (Å²) in [6, 6.07) is 58.1. The van der Waals surface area contributed by atoms with Gasteiger partial charge < -0.3 is 0 Å². The van der Waals surface area contributed by atoms with E-state index in [0.717, 1.165) is 148 Å². The number of hydrogen-bond acceptors (Lipinski definition) is 6. The van der Waals surface area contributed by atoms with Gasteiger partial charge in [-0.3, -0.25) is 28.8 Å². The maximum absolute atomic E-state index is 12.3. The second-order valence-corrected chi connectivity index (χ2v) is 16.9. The Balaban J connectivity index is 1.55. The molecule has 0 bridgehead atoms. The van der Waals surface area contributed by atoms with Crippen molar-refractivity contribution in [2.75, 3.05) is 0 Å². The zero-order valence-electron chi connectivity index (χ0n) is 36.2. The van der Waals surface area contributed by atoms with Crippen LogP contribution in [0.25, 0.3) is 110 Å². The molecular formula is C62H36O6. The molecule has 0 radical (unpaired) electrons. The zero-order valence-corrected chi connectivity index (χ0v) is 36.2. The van der Waals surface area contributed by atoms with Crippen LogP contribution in [0.1, 0.15) is 62.1 Å². The van der Waals surface area contributed by atoms with Gasteiger partial charge in [0.05, 0.1) is 0 Å². The summed E-state index contributed by atoms with van der Waals surface area (Å²) in [5, 5.41) is 7.75. The van der Waals surface area contributed by atoms with Gasteiger partial charge in [0.25, 0.3) is 0 Å². The number of rotatable bonds is 12. The molecule has 6 nitrogen and oxygen atoms in total. The molecule has 6 heteroatoms. The quantitative estimate of drug-likeness (QED) is 0.0688. The van der Waals surface area contributed by atoms with E-state index < -0.39 is 0 Å². The maximum atomic E-state index is 12.3. The molecule has 0 heterocycles. The van der Waals surface area contributed by atoms with Gasteiger partial charge in [0.2, 0.25) is 0 Å². The highest BCUT2D eigenvalue weighted by molar-refractivity contribution is 6.43. The van der Waals surface area contributed by atoms with E-state index in [-0.39, 0.29) is 0 Å². The molecule has 0 aromatic heterocycles. The third kappa shape index (κ3) is 6.66. The SMILES string of the molecule is O=Cc1ccc(-c2c(-c3ccc(C=O)cc3)c3c(-c4ccc(C=O)cc4)c(-c4ccc(C=O)cc4)c(-c4ccc(C=O)cc4)c4c5cccc6cccc(c(c2-c2ccc(C=O)cc2)c34)c65)cc1. The van der Waals surface area contributed by atoms with Crippen molar-refractivity contribution < 1.29 is 28.8 Å². The summed E-state index contributed by atoms with van der Waals surface area (Å²) >= 11 is 0. The summed E-state index contributed by atoms with van der Waals surface area (Å²) in [5.74, 6) is 0. The van der Waals surface area contributed by atoms with E-state index in [1.807, 2.05) is 146 Å². The van der Waals surface area contributed by atoms with Gasteiger partial charge in [-0.15, -0.1) is 0 Å². The van der Waals surface area contributed by atoms with Crippen LogP contribution in [0.15, 0.2) is 182 Å². The minimum Gasteiger partial charge on any atom is -0.298 e. The standard InChI is InChI=1S/C62H36O6/c63-31-37-7-19-44(20-8-37)53-55(46-23-11-39(33-65)12-24-46)59-50-5-1-3-43-4-2-6-51(52(43)50)60-56(47-25-13-40(34-66)14-26-47)54(45-21-9-38(32-64)10-22-45)58(49-29-17-42(36-68)18-30-49)61(62(59)60)57(53)48-27-15-41(35-67)16-28-48/h1-36H. The van der Waals surface area contributed by atoms with Crippen LogP contribution in [0, 0.1) is 0 Å². The molecule has 11 aromatic carbocycles. The first-order valence-corrected chi connectivity index (χ1v) is 22.1. The maximum Gasteiger partial charge on any atom is 0.150 e. The Bertz CT molecular complexity index is 3580. The second-order valence-electron chi connectivity index (χ2n) is 16.9. The van der Waals surface area contributed by atoms with Crippen molar-refractivity contribution in [1.82, 2.24) is 0 Å². The van der Waals surface area contributed by atoms with Crippen LogP contribution in [0.4, 0.5) is 0 Å². The average molecular weight is 877 g/mol. The molecule has 0 N–H and O–H groups in total. The Morgan fingerprint density at radius 3 is 0.691 bits per heavy atom. The Labute approximate surface area is 390 Å². The van der Waals surface area contributed by atoms with Crippen molar-refractivity contribution in [2.45, 2.75) is 0 Å². The van der Waals surface area contributed by atoms with Crippen molar-refractivity contribution in [2.24, 2.45) is 0 Å². The molecule has 11 aromatic rings. The fourth-order valence-electron chi connectivity index (χ4n) is 10.1.